The number of carbonyl (C=O) groups is 2. The van der Waals surface area contributed by atoms with Crippen LogP contribution >= 0.6 is 0 Å². The number of nitrogens with one attached hydrogen (secondary N) is 3. The molecule has 0 saturated carbocycles. The van der Waals surface area contributed by atoms with Gasteiger partial charge in [0, 0.05) is 17.3 Å². The average molecular weight is 302 g/mol. The number of nitrogens with zero attached hydrogens (tertiary/aromatic N) is 1. The zero-order valence-corrected chi connectivity index (χ0v) is 11.8. The predicted octanol–water partition coefficient (Wildman–Crippen LogP) is 0.815. The third-order valence-corrected chi connectivity index (χ3v) is 3.02. The molecule has 3 rings (SSSR count). The van der Waals surface area contributed by atoms with E-state index in [1.54, 1.807) is 24.3 Å². The Morgan fingerprint density at radius 2 is 2.09 bits per heavy atom. The summed E-state index contributed by atoms with van der Waals surface area (Å²) in [6.07, 6.45) is 0. The molecule has 2 heterocycles. The van der Waals surface area contributed by atoms with E-state index >= 15 is 0 Å². The van der Waals surface area contributed by atoms with Crippen LogP contribution < -0.4 is 20.1 Å². The molecule has 1 aliphatic rings. The zero-order chi connectivity index (χ0) is 15.5. The van der Waals surface area contributed by atoms with E-state index in [1.807, 2.05) is 6.92 Å². The van der Waals surface area contributed by atoms with Gasteiger partial charge in [0.05, 0.1) is 6.54 Å². The quantitative estimate of drug-likeness (QED) is 0.775. The van der Waals surface area contributed by atoms with Gasteiger partial charge < -0.3 is 20.1 Å². The second kappa shape index (κ2) is 5.76. The number of fused-ring (bicyclic) bond motifs is 1. The van der Waals surface area contributed by atoms with Crippen molar-refractivity contribution in [2.75, 3.05) is 18.7 Å². The summed E-state index contributed by atoms with van der Waals surface area (Å²) >= 11 is 0. The molecular weight excluding hydrogens is 288 g/mol. The molecule has 3 N–H and O–H groups in total. The molecule has 8 heteroatoms. The minimum Gasteiger partial charge on any atom is -0.454 e. The monoisotopic (exact) mass is 302 g/mol. The maximum atomic E-state index is 12.0. The van der Waals surface area contributed by atoms with Gasteiger partial charge in [0.1, 0.15) is 0 Å². The molecule has 8 nitrogen and oxygen atoms in total. The summed E-state index contributed by atoms with van der Waals surface area (Å²) in [5.41, 5.74) is 1.23. The van der Waals surface area contributed by atoms with Gasteiger partial charge in [0.2, 0.25) is 12.7 Å². The van der Waals surface area contributed by atoms with Crippen LogP contribution in [0.2, 0.25) is 0 Å². The molecule has 2 amide bonds. The van der Waals surface area contributed by atoms with E-state index in [0.29, 0.717) is 22.9 Å². The van der Waals surface area contributed by atoms with Gasteiger partial charge in [-0.1, -0.05) is 0 Å². The smallest absolute Gasteiger partial charge is 0.251 e. The fourth-order valence-electron chi connectivity index (χ4n) is 1.97. The number of rotatable bonds is 4. The predicted molar refractivity (Wildman–Crippen MR) is 76.9 cm³/mol. The highest BCUT2D eigenvalue weighted by molar-refractivity contribution is 5.99. The summed E-state index contributed by atoms with van der Waals surface area (Å²) in [4.78, 5) is 23.7. The lowest BCUT2D eigenvalue weighted by atomic mass is 10.2. The van der Waals surface area contributed by atoms with E-state index in [9.17, 15) is 9.59 Å². The number of benzene rings is 1. The first-order chi connectivity index (χ1) is 10.6. The van der Waals surface area contributed by atoms with Crippen LogP contribution in [0.15, 0.2) is 24.3 Å². The SMILES string of the molecule is Cc1cc(NC(=O)CNC(=O)c2ccc3c(c2)OCO3)n[nH]1. The highest BCUT2D eigenvalue weighted by Crippen LogP contribution is 2.32. The Bertz CT molecular complexity index is 725. The molecular formula is C14H14N4O4. The number of aromatic amines is 1. The van der Waals surface area contributed by atoms with Gasteiger partial charge in [-0.15, -0.1) is 0 Å². The maximum Gasteiger partial charge on any atom is 0.251 e. The van der Waals surface area contributed by atoms with Crippen molar-refractivity contribution in [1.82, 2.24) is 15.5 Å². The third-order valence-electron chi connectivity index (χ3n) is 3.02. The lowest BCUT2D eigenvalue weighted by Gasteiger charge is -2.06. The second-order valence-electron chi connectivity index (χ2n) is 4.74. The second-order valence-corrected chi connectivity index (χ2v) is 4.74. The van der Waals surface area contributed by atoms with Crippen molar-refractivity contribution in [3.05, 3.63) is 35.5 Å². The number of hydrogen-bond donors (Lipinski definition) is 3. The number of ether oxygens (including phenoxy) is 2. The molecule has 0 aliphatic carbocycles. The van der Waals surface area contributed by atoms with Gasteiger partial charge >= 0.3 is 0 Å². The van der Waals surface area contributed by atoms with Crippen molar-refractivity contribution in [3.8, 4) is 11.5 Å². The van der Waals surface area contributed by atoms with Crippen LogP contribution in [0, 0.1) is 6.92 Å². The van der Waals surface area contributed by atoms with Crippen LogP contribution in [0.5, 0.6) is 11.5 Å². The molecule has 2 aromatic rings. The molecule has 22 heavy (non-hydrogen) atoms. The number of aryl methyl sites for hydroxylation is 1. The summed E-state index contributed by atoms with van der Waals surface area (Å²) < 4.78 is 10.4. The lowest BCUT2D eigenvalue weighted by Crippen LogP contribution is -2.32. The average Bonchev–Trinajstić information content (AvgIpc) is 3.12. The summed E-state index contributed by atoms with van der Waals surface area (Å²) in [6, 6.07) is 6.53. The number of carbonyl (C=O) groups excluding carboxylic acids is 2. The van der Waals surface area contributed by atoms with Crippen molar-refractivity contribution in [2.24, 2.45) is 0 Å². The summed E-state index contributed by atoms with van der Waals surface area (Å²) in [5.74, 6) is 0.805. The molecule has 0 spiro atoms. The Hall–Kier alpha value is -3.03. The Morgan fingerprint density at radius 3 is 2.86 bits per heavy atom. The van der Waals surface area contributed by atoms with Crippen LogP contribution in [-0.2, 0) is 4.79 Å². The van der Waals surface area contributed by atoms with Gasteiger partial charge in [-0.05, 0) is 25.1 Å². The van der Waals surface area contributed by atoms with E-state index in [1.165, 1.54) is 0 Å². The number of amides is 2. The maximum absolute atomic E-state index is 12.0. The summed E-state index contributed by atoms with van der Waals surface area (Å²) in [7, 11) is 0. The van der Waals surface area contributed by atoms with Crippen LogP contribution in [-0.4, -0.2) is 35.3 Å². The number of H-pyrrole nitrogens is 1. The van der Waals surface area contributed by atoms with Crippen LogP contribution in [0.25, 0.3) is 0 Å². The van der Waals surface area contributed by atoms with Crippen molar-refractivity contribution < 1.29 is 19.1 Å². The van der Waals surface area contributed by atoms with Crippen molar-refractivity contribution >= 4 is 17.6 Å². The number of aromatic nitrogens is 2. The molecule has 1 aromatic heterocycles. The molecule has 1 aromatic carbocycles. The Labute approximate surface area is 125 Å². The van der Waals surface area contributed by atoms with Crippen LogP contribution in [0.1, 0.15) is 16.1 Å². The number of hydrogen-bond acceptors (Lipinski definition) is 5. The molecule has 0 bridgehead atoms. The first kappa shape index (κ1) is 13.9. The van der Waals surface area contributed by atoms with Crippen molar-refractivity contribution in [2.45, 2.75) is 6.92 Å². The molecule has 114 valence electrons. The van der Waals surface area contributed by atoms with E-state index in [0.717, 1.165) is 5.69 Å². The van der Waals surface area contributed by atoms with Gasteiger partial charge in [-0.3, -0.25) is 14.7 Å². The zero-order valence-electron chi connectivity index (χ0n) is 11.8. The Morgan fingerprint density at radius 1 is 1.27 bits per heavy atom. The van der Waals surface area contributed by atoms with E-state index in [-0.39, 0.29) is 25.2 Å². The summed E-state index contributed by atoms with van der Waals surface area (Å²) in [5, 5.41) is 11.7. The van der Waals surface area contributed by atoms with E-state index < -0.39 is 0 Å². The lowest BCUT2D eigenvalue weighted by molar-refractivity contribution is -0.115. The van der Waals surface area contributed by atoms with Crippen LogP contribution in [0.4, 0.5) is 5.82 Å². The molecule has 0 fully saturated rings. The third kappa shape index (κ3) is 3.00. The van der Waals surface area contributed by atoms with Crippen molar-refractivity contribution in [3.63, 3.8) is 0 Å². The number of anilines is 1. The summed E-state index contributed by atoms with van der Waals surface area (Å²) in [6.45, 7) is 1.81. The largest absolute Gasteiger partial charge is 0.454 e. The van der Waals surface area contributed by atoms with E-state index in [2.05, 4.69) is 20.8 Å². The molecule has 0 saturated heterocycles. The first-order valence-corrected chi connectivity index (χ1v) is 6.61. The first-order valence-electron chi connectivity index (χ1n) is 6.61. The van der Waals surface area contributed by atoms with Gasteiger partial charge in [-0.25, -0.2) is 0 Å². The normalized spacial score (nSPS) is 12.0. The van der Waals surface area contributed by atoms with Gasteiger partial charge in [-0.2, -0.15) is 5.10 Å². The molecule has 0 atom stereocenters. The van der Waals surface area contributed by atoms with Crippen LogP contribution in [0.3, 0.4) is 0 Å². The Balaban J connectivity index is 1.54. The molecule has 0 unspecified atom stereocenters. The highest BCUT2D eigenvalue weighted by Gasteiger charge is 2.16. The fraction of sp³-hybridized carbons (Fsp3) is 0.214. The molecule has 0 radical (unpaired) electrons. The fourth-order valence-corrected chi connectivity index (χ4v) is 1.97. The topological polar surface area (TPSA) is 105 Å². The van der Waals surface area contributed by atoms with Crippen molar-refractivity contribution in [1.29, 1.82) is 0 Å². The van der Waals surface area contributed by atoms with Gasteiger partial charge in [0.25, 0.3) is 5.91 Å². The standard InChI is InChI=1S/C14H14N4O4/c1-8-4-12(18-17-8)16-13(19)6-15-14(20)9-2-3-10-11(5-9)22-7-21-10/h2-5H,6-7H2,1H3,(H,15,20)(H2,16,17,18,19). The minimum absolute atomic E-state index is 0.145. The van der Waals surface area contributed by atoms with Gasteiger partial charge in [0.15, 0.2) is 17.3 Å². The highest BCUT2D eigenvalue weighted by atomic mass is 16.7. The Kier molecular flexibility index (Phi) is 3.65. The van der Waals surface area contributed by atoms with E-state index in [4.69, 9.17) is 9.47 Å². The minimum atomic E-state index is -0.369. The molecule has 1 aliphatic heterocycles.